The first kappa shape index (κ1) is 17.0. The second-order valence-electron chi connectivity index (χ2n) is 6.24. The van der Waals surface area contributed by atoms with E-state index < -0.39 is 17.5 Å². The van der Waals surface area contributed by atoms with Gasteiger partial charge in [0, 0.05) is 12.8 Å². The molecular formula is C18H23NO5. The van der Waals surface area contributed by atoms with Gasteiger partial charge in [0.25, 0.3) is 0 Å². The molecule has 1 aromatic carbocycles. The van der Waals surface area contributed by atoms with Gasteiger partial charge in [0.1, 0.15) is 0 Å². The summed E-state index contributed by atoms with van der Waals surface area (Å²) in [6, 6.07) is 7.44. The van der Waals surface area contributed by atoms with E-state index in [0.29, 0.717) is 6.61 Å². The van der Waals surface area contributed by atoms with Crippen molar-refractivity contribution in [1.29, 1.82) is 0 Å². The van der Waals surface area contributed by atoms with Crippen molar-refractivity contribution in [2.45, 2.75) is 44.0 Å². The normalized spacial score (nSPS) is 27.6. The largest absolute Gasteiger partial charge is 0.481 e. The minimum atomic E-state index is -0.853. The highest BCUT2D eigenvalue weighted by Gasteiger charge is 2.36. The third-order valence-corrected chi connectivity index (χ3v) is 4.53. The van der Waals surface area contributed by atoms with Crippen LogP contribution in [0.2, 0.25) is 0 Å². The number of carbonyl (C=O) groups is 1. The summed E-state index contributed by atoms with van der Waals surface area (Å²) < 4.78 is 11.5. The second kappa shape index (κ2) is 7.34. The van der Waals surface area contributed by atoms with Gasteiger partial charge in [-0.2, -0.15) is 0 Å². The van der Waals surface area contributed by atoms with Gasteiger partial charge in [0.2, 0.25) is 0 Å². The first-order valence-electron chi connectivity index (χ1n) is 8.28. The van der Waals surface area contributed by atoms with Gasteiger partial charge in [-0.3, -0.25) is 15.1 Å². The third kappa shape index (κ3) is 3.61. The van der Waals surface area contributed by atoms with Crippen LogP contribution in [0.3, 0.4) is 0 Å². The number of nitrogens with one attached hydrogen (secondary N) is 1. The molecule has 130 valence electrons. The van der Waals surface area contributed by atoms with E-state index in [1.54, 1.807) is 13.1 Å². The van der Waals surface area contributed by atoms with Crippen LogP contribution in [-0.4, -0.2) is 30.6 Å². The predicted octanol–water partition coefficient (Wildman–Crippen LogP) is 2.66. The zero-order valence-corrected chi connectivity index (χ0v) is 13.7. The van der Waals surface area contributed by atoms with Crippen LogP contribution in [0, 0.1) is 0 Å². The van der Waals surface area contributed by atoms with E-state index in [-0.39, 0.29) is 6.29 Å². The molecule has 2 heterocycles. The zero-order chi connectivity index (χ0) is 17.0. The van der Waals surface area contributed by atoms with Gasteiger partial charge in [-0.15, -0.1) is 0 Å². The lowest BCUT2D eigenvalue weighted by Gasteiger charge is -2.30. The van der Waals surface area contributed by atoms with Gasteiger partial charge in [-0.1, -0.05) is 24.3 Å². The molecule has 2 N–H and O–H groups in total. The SMILES string of the molecule is CC(C(=O)O)c1cccc(C2(COC3CCCCO3)C=CNO2)c1. The highest BCUT2D eigenvalue weighted by molar-refractivity contribution is 5.75. The first-order valence-corrected chi connectivity index (χ1v) is 8.28. The lowest BCUT2D eigenvalue weighted by molar-refractivity contribution is -0.197. The molecule has 1 saturated heterocycles. The van der Waals surface area contributed by atoms with Gasteiger partial charge >= 0.3 is 5.97 Å². The average molecular weight is 333 g/mol. The number of rotatable bonds is 6. The fourth-order valence-electron chi connectivity index (χ4n) is 2.93. The molecule has 1 fully saturated rings. The standard InChI is InChI=1S/C18H23NO5/c1-13(17(20)21)14-5-4-6-15(11-14)18(8-9-19-24-18)12-23-16-7-2-3-10-22-16/h4-6,8-9,11,13,16,19H,2-3,7,10,12H2,1H3,(H,20,21). The van der Waals surface area contributed by atoms with Crippen molar-refractivity contribution in [3.63, 3.8) is 0 Å². The molecule has 0 spiro atoms. The summed E-state index contributed by atoms with van der Waals surface area (Å²) in [4.78, 5) is 17.0. The Bertz CT molecular complexity index is 611. The van der Waals surface area contributed by atoms with Gasteiger partial charge in [0.15, 0.2) is 11.9 Å². The molecule has 3 atom stereocenters. The van der Waals surface area contributed by atoms with Crippen LogP contribution in [0.1, 0.15) is 43.2 Å². The van der Waals surface area contributed by atoms with Crippen LogP contribution < -0.4 is 5.48 Å². The molecule has 6 nitrogen and oxygen atoms in total. The minimum absolute atomic E-state index is 0.214. The summed E-state index contributed by atoms with van der Waals surface area (Å²) >= 11 is 0. The van der Waals surface area contributed by atoms with Gasteiger partial charge in [0.05, 0.1) is 12.5 Å². The number of hydrogen-bond acceptors (Lipinski definition) is 5. The molecule has 2 aliphatic heterocycles. The topological polar surface area (TPSA) is 77.0 Å². The van der Waals surface area contributed by atoms with E-state index >= 15 is 0 Å². The number of carboxylic acid groups (broad SMARTS) is 1. The molecule has 3 rings (SSSR count). The summed E-state index contributed by atoms with van der Waals surface area (Å²) in [6.07, 6.45) is 6.44. The molecule has 0 radical (unpaired) electrons. The molecular weight excluding hydrogens is 310 g/mol. The zero-order valence-electron chi connectivity index (χ0n) is 13.7. The van der Waals surface area contributed by atoms with Gasteiger partial charge in [-0.05, 0) is 43.4 Å². The van der Waals surface area contributed by atoms with Crippen LogP contribution in [0.4, 0.5) is 0 Å². The Morgan fingerprint density at radius 3 is 3.04 bits per heavy atom. The number of hydrogen-bond donors (Lipinski definition) is 2. The van der Waals surface area contributed by atoms with Crippen molar-refractivity contribution in [3.05, 3.63) is 47.7 Å². The molecule has 24 heavy (non-hydrogen) atoms. The highest BCUT2D eigenvalue weighted by atomic mass is 16.7. The summed E-state index contributed by atoms with van der Waals surface area (Å²) in [5.74, 6) is -1.43. The Hall–Kier alpha value is -1.89. The average Bonchev–Trinajstić information content (AvgIpc) is 3.10. The summed E-state index contributed by atoms with van der Waals surface area (Å²) in [5.41, 5.74) is 3.56. The molecule has 0 aromatic heterocycles. The number of carboxylic acids is 1. The lowest BCUT2D eigenvalue weighted by Crippen LogP contribution is -2.36. The quantitative estimate of drug-likeness (QED) is 0.833. The van der Waals surface area contributed by atoms with Crippen LogP contribution in [0.25, 0.3) is 0 Å². The predicted molar refractivity (Wildman–Crippen MR) is 87.1 cm³/mol. The molecule has 2 aliphatic rings. The minimum Gasteiger partial charge on any atom is -0.481 e. The molecule has 6 heteroatoms. The fraction of sp³-hybridized carbons (Fsp3) is 0.500. The first-order chi connectivity index (χ1) is 11.6. The maximum absolute atomic E-state index is 11.2. The van der Waals surface area contributed by atoms with E-state index in [1.807, 2.05) is 30.3 Å². The summed E-state index contributed by atoms with van der Waals surface area (Å²) in [7, 11) is 0. The maximum Gasteiger partial charge on any atom is 0.310 e. The van der Waals surface area contributed by atoms with Crippen molar-refractivity contribution in [1.82, 2.24) is 5.48 Å². The van der Waals surface area contributed by atoms with Gasteiger partial charge < -0.3 is 14.6 Å². The van der Waals surface area contributed by atoms with Crippen molar-refractivity contribution >= 4 is 5.97 Å². The monoisotopic (exact) mass is 333 g/mol. The fourth-order valence-corrected chi connectivity index (χ4v) is 2.93. The van der Waals surface area contributed by atoms with Crippen LogP contribution in [0.15, 0.2) is 36.5 Å². The summed E-state index contributed by atoms with van der Waals surface area (Å²) in [6.45, 7) is 2.69. The lowest BCUT2D eigenvalue weighted by atomic mass is 9.90. The Morgan fingerprint density at radius 2 is 2.38 bits per heavy atom. The molecule has 1 aromatic rings. The molecule has 3 unspecified atom stereocenters. The van der Waals surface area contributed by atoms with Crippen LogP contribution in [0.5, 0.6) is 0 Å². The van der Waals surface area contributed by atoms with Crippen LogP contribution >= 0.6 is 0 Å². The maximum atomic E-state index is 11.2. The van der Waals surface area contributed by atoms with E-state index in [4.69, 9.17) is 14.3 Å². The van der Waals surface area contributed by atoms with Gasteiger partial charge in [-0.25, -0.2) is 0 Å². The third-order valence-electron chi connectivity index (χ3n) is 4.53. The molecule has 0 bridgehead atoms. The van der Waals surface area contributed by atoms with Crippen LogP contribution in [-0.2, 0) is 24.7 Å². The number of benzene rings is 1. The van der Waals surface area contributed by atoms with E-state index in [2.05, 4.69) is 5.48 Å². The van der Waals surface area contributed by atoms with Crippen molar-refractivity contribution in [2.75, 3.05) is 13.2 Å². The van der Waals surface area contributed by atoms with E-state index in [0.717, 1.165) is 37.0 Å². The van der Waals surface area contributed by atoms with Crippen molar-refractivity contribution in [3.8, 4) is 0 Å². The number of ether oxygens (including phenoxy) is 2. The Labute approximate surface area is 141 Å². The molecule has 0 aliphatic carbocycles. The van der Waals surface area contributed by atoms with Crippen molar-refractivity contribution < 1.29 is 24.2 Å². The molecule has 0 saturated carbocycles. The number of hydroxylamine groups is 1. The Kier molecular flexibility index (Phi) is 5.18. The van der Waals surface area contributed by atoms with E-state index in [9.17, 15) is 9.90 Å². The number of aliphatic carboxylic acids is 1. The summed E-state index contributed by atoms with van der Waals surface area (Å²) in [5, 5.41) is 9.23. The Balaban J connectivity index is 1.78. The molecule has 0 amide bonds. The smallest absolute Gasteiger partial charge is 0.310 e. The highest BCUT2D eigenvalue weighted by Crippen LogP contribution is 2.33. The Morgan fingerprint density at radius 1 is 1.50 bits per heavy atom. The van der Waals surface area contributed by atoms with E-state index in [1.165, 1.54) is 0 Å². The van der Waals surface area contributed by atoms with Crippen molar-refractivity contribution in [2.24, 2.45) is 0 Å². The second-order valence-corrected chi connectivity index (χ2v) is 6.24.